The molecule has 52 heavy (non-hydrogen) atoms. The molecule has 0 fully saturated rings. The van der Waals surface area contributed by atoms with Gasteiger partial charge in [0.15, 0.2) is 0 Å². The van der Waals surface area contributed by atoms with E-state index in [4.69, 9.17) is 0 Å². The van der Waals surface area contributed by atoms with E-state index < -0.39 is 0 Å². The second-order valence-electron chi connectivity index (χ2n) is 14.2. The summed E-state index contributed by atoms with van der Waals surface area (Å²) in [5.41, 5.74) is 18.4. The first kappa shape index (κ1) is 31.5. The smallest absolute Gasteiger partial charge is 0.0546 e. The molecule has 0 aromatic heterocycles. The highest BCUT2D eigenvalue weighted by molar-refractivity contribution is 6.01. The SMILES string of the molecule is CC1(C)c2ccccc2-c2c1ccc(N(c1ccc(-c3ccccc3)cc1)c1ccc(-c3ccc(-c4ccccc4)cc3)cc1)c2-c1ccccc1. The molecule has 1 aliphatic rings. The van der Waals surface area contributed by atoms with Crippen LogP contribution in [0.4, 0.5) is 17.1 Å². The van der Waals surface area contributed by atoms with Gasteiger partial charge in [-0.25, -0.2) is 0 Å². The molecule has 0 atom stereocenters. The van der Waals surface area contributed by atoms with Gasteiger partial charge in [0.25, 0.3) is 0 Å². The summed E-state index contributed by atoms with van der Waals surface area (Å²) in [5, 5.41) is 0. The molecular formula is C51H39N. The van der Waals surface area contributed by atoms with Crippen LogP contribution in [0.2, 0.25) is 0 Å². The lowest BCUT2D eigenvalue weighted by molar-refractivity contribution is 0.660. The Morgan fingerprint density at radius 2 is 0.692 bits per heavy atom. The Kier molecular flexibility index (Phi) is 7.90. The van der Waals surface area contributed by atoms with Crippen molar-refractivity contribution in [1.82, 2.24) is 0 Å². The van der Waals surface area contributed by atoms with Crippen LogP contribution in [-0.4, -0.2) is 0 Å². The van der Waals surface area contributed by atoms with Crippen molar-refractivity contribution in [2.24, 2.45) is 0 Å². The Labute approximate surface area is 307 Å². The number of anilines is 3. The van der Waals surface area contributed by atoms with E-state index in [0.717, 1.165) is 17.1 Å². The van der Waals surface area contributed by atoms with E-state index in [-0.39, 0.29) is 5.41 Å². The molecule has 9 rings (SSSR count). The van der Waals surface area contributed by atoms with Gasteiger partial charge in [-0.15, -0.1) is 0 Å². The van der Waals surface area contributed by atoms with E-state index in [1.807, 2.05) is 0 Å². The number of hydrogen-bond acceptors (Lipinski definition) is 1. The maximum Gasteiger partial charge on any atom is 0.0546 e. The van der Waals surface area contributed by atoms with Crippen molar-refractivity contribution >= 4 is 17.1 Å². The average Bonchev–Trinajstić information content (AvgIpc) is 3.45. The van der Waals surface area contributed by atoms with Crippen LogP contribution >= 0.6 is 0 Å². The van der Waals surface area contributed by atoms with E-state index >= 15 is 0 Å². The van der Waals surface area contributed by atoms with Crippen molar-refractivity contribution < 1.29 is 0 Å². The largest absolute Gasteiger partial charge is 0.310 e. The third kappa shape index (κ3) is 5.52. The van der Waals surface area contributed by atoms with Crippen molar-refractivity contribution in [3.8, 4) is 55.6 Å². The lowest BCUT2D eigenvalue weighted by Crippen LogP contribution is -2.16. The standard InChI is InChI=1S/C51H39N/c1-51(2)46-21-13-12-20-45(46)50-47(51)34-35-48(49(50)42-18-10-5-11-19-42)52(43-30-26-40(27-31-43)37-16-8-4-9-17-37)44-32-28-41(29-33-44)39-24-22-38(23-25-39)36-14-6-3-7-15-36/h3-35H,1-2H3. The summed E-state index contributed by atoms with van der Waals surface area (Å²) < 4.78 is 0. The Morgan fingerprint density at radius 1 is 0.308 bits per heavy atom. The highest BCUT2D eigenvalue weighted by Gasteiger charge is 2.38. The Hall–Kier alpha value is -6.44. The summed E-state index contributed by atoms with van der Waals surface area (Å²) in [6.45, 7) is 4.72. The molecule has 0 bridgehead atoms. The Bertz CT molecular complexity index is 2480. The molecule has 0 radical (unpaired) electrons. The molecule has 0 saturated heterocycles. The van der Waals surface area contributed by atoms with Crippen molar-refractivity contribution in [2.75, 3.05) is 4.90 Å². The van der Waals surface area contributed by atoms with Gasteiger partial charge in [-0.1, -0.05) is 184 Å². The fraction of sp³-hybridized carbons (Fsp3) is 0.0588. The normalized spacial score (nSPS) is 12.6. The lowest BCUT2D eigenvalue weighted by Gasteiger charge is -2.30. The molecule has 0 heterocycles. The summed E-state index contributed by atoms with van der Waals surface area (Å²) in [4.78, 5) is 2.44. The lowest BCUT2D eigenvalue weighted by atomic mass is 9.81. The molecule has 8 aromatic carbocycles. The molecule has 0 amide bonds. The van der Waals surface area contributed by atoms with E-state index in [2.05, 4.69) is 219 Å². The first-order valence-electron chi connectivity index (χ1n) is 18.1. The number of rotatable bonds is 7. The summed E-state index contributed by atoms with van der Waals surface area (Å²) in [6.07, 6.45) is 0. The predicted molar refractivity (Wildman–Crippen MR) is 220 cm³/mol. The van der Waals surface area contributed by atoms with Crippen LogP contribution in [0.3, 0.4) is 0 Å². The summed E-state index contributed by atoms with van der Waals surface area (Å²) in [6, 6.07) is 72.7. The molecule has 1 aliphatic carbocycles. The van der Waals surface area contributed by atoms with E-state index in [1.165, 1.54) is 66.8 Å². The fourth-order valence-corrected chi connectivity index (χ4v) is 8.02. The van der Waals surface area contributed by atoms with Crippen LogP contribution in [0.25, 0.3) is 55.6 Å². The van der Waals surface area contributed by atoms with Gasteiger partial charge in [0.05, 0.1) is 5.69 Å². The molecule has 1 heteroatoms. The summed E-state index contributed by atoms with van der Waals surface area (Å²) in [7, 11) is 0. The fourth-order valence-electron chi connectivity index (χ4n) is 8.02. The van der Waals surface area contributed by atoms with Gasteiger partial charge in [-0.2, -0.15) is 0 Å². The minimum atomic E-state index is -0.103. The zero-order valence-electron chi connectivity index (χ0n) is 29.5. The molecule has 0 N–H and O–H groups in total. The maximum atomic E-state index is 2.44. The van der Waals surface area contributed by atoms with E-state index in [1.54, 1.807) is 0 Å². The topological polar surface area (TPSA) is 3.24 Å². The van der Waals surface area contributed by atoms with Gasteiger partial charge >= 0.3 is 0 Å². The van der Waals surface area contributed by atoms with E-state index in [9.17, 15) is 0 Å². The predicted octanol–water partition coefficient (Wildman–Crippen LogP) is 14.1. The van der Waals surface area contributed by atoms with Crippen LogP contribution in [-0.2, 0) is 5.41 Å². The minimum absolute atomic E-state index is 0.103. The molecule has 0 aliphatic heterocycles. The van der Waals surface area contributed by atoms with Gasteiger partial charge in [0.1, 0.15) is 0 Å². The molecule has 1 nitrogen and oxygen atoms in total. The Balaban J connectivity index is 1.21. The van der Waals surface area contributed by atoms with E-state index in [0.29, 0.717) is 0 Å². The first-order valence-corrected chi connectivity index (χ1v) is 18.1. The molecule has 0 saturated carbocycles. The van der Waals surface area contributed by atoms with Crippen molar-refractivity contribution in [3.63, 3.8) is 0 Å². The number of benzene rings is 8. The van der Waals surface area contributed by atoms with Crippen LogP contribution in [0.5, 0.6) is 0 Å². The number of nitrogens with zero attached hydrogens (tertiary/aromatic N) is 1. The molecule has 0 unspecified atom stereocenters. The monoisotopic (exact) mass is 665 g/mol. The molecular weight excluding hydrogens is 627 g/mol. The van der Waals surface area contributed by atoms with Crippen LogP contribution in [0.15, 0.2) is 200 Å². The zero-order valence-corrected chi connectivity index (χ0v) is 29.5. The summed E-state index contributed by atoms with van der Waals surface area (Å²) in [5.74, 6) is 0. The van der Waals surface area contributed by atoms with Gasteiger partial charge in [0.2, 0.25) is 0 Å². The third-order valence-electron chi connectivity index (χ3n) is 10.7. The molecule has 248 valence electrons. The van der Waals surface area contributed by atoms with Gasteiger partial charge in [-0.3, -0.25) is 0 Å². The van der Waals surface area contributed by atoms with Crippen LogP contribution in [0, 0.1) is 0 Å². The zero-order chi connectivity index (χ0) is 35.1. The van der Waals surface area contributed by atoms with Crippen LogP contribution in [0.1, 0.15) is 25.0 Å². The second kappa shape index (κ2) is 13.0. The molecule has 0 spiro atoms. The third-order valence-corrected chi connectivity index (χ3v) is 10.7. The van der Waals surface area contributed by atoms with Crippen molar-refractivity contribution in [2.45, 2.75) is 19.3 Å². The average molecular weight is 666 g/mol. The summed E-state index contributed by atoms with van der Waals surface area (Å²) >= 11 is 0. The Morgan fingerprint density at radius 3 is 1.17 bits per heavy atom. The minimum Gasteiger partial charge on any atom is -0.310 e. The molecule has 8 aromatic rings. The van der Waals surface area contributed by atoms with Crippen molar-refractivity contribution in [1.29, 1.82) is 0 Å². The number of fused-ring (bicyclic) bond motifs is 3. The number of hydrogen-bond donors (Lipinski definition) is 0. The van der Waals surface area contributed by atoms with Crippen LogP contribution < -0.4 is 4.90 Å². The van der Waals surface area contributed by atoms with Gasteiger partial charge in [-0.05, 0) is 91.5 Å². The maximum absolute atomic E-state index is 2.44. The quantitative estimate of drug-likeness (QED) is 0.164. The highest BCUT2D eigenvalue weighted by atomic mass is 15.1. The van der Waals surface area contributed by atoms with Gasteiger partial charge < -0.3 is 4.90 Å². The second-order valence-corrected chi connectivity index (χ2v) is 14.2. The van der Waals surface area contributed by atoms with Crippen molar-refractivity contribution in [3.05, 3.63) is 211 Å². The first-order chi connectivity index (χ1) is 25.6. The highest BCUT2D eigenvalue weighted by Crippen LogP contribution is 2.56. The van der Waals surface area contributed by atoms with Gasteiger partial charge in [0, 0.05) is 22.4 Å².